The Morgan fingerprint density at radius 1 is 1.38 bits per heavy atom. The highest BCUT2D eigenvalue weighted by Gasteiger charge is 2.34. The number of carboxylic acid groups (broad SMARTS) is 1. The highest BCUT2D eigenvalue weighted by molar-refractivity contribution is 8.26. The number of rotatable bonds is 5. The van der Waals surface area contributed by atoms with Crippen molar-refractivity contribution >= 4 is 57.5 Å². The SMILES string of the molecule is CCCN1c2cc(F)c(/C=C3\SC(=S)N(CC(=O)O)C3=O)cc2C(C)=CC1(C)C. The first-order valence-electron chi connectivity index (χ1n) is 9.33. The summed E-state index contributed by atoms with van der Waals surface area (Å²) >= 11 is 6.09. The van der Waals surface area contributed by atoms with Crippen LogP contribution in [-0.2, 0) is 9.59 Å². The van der Waals surface area contributed by atoms with Gasteiger partial charge in [-0.05, 0) is 51.0 Å². The van der Waals surface area contributed by atoms with Gasteiger partial charge in [-0.25, -0.2) is 4.39 Å². The number of hydrogen-bond donors (Lipinski definition) is 1. The van der Waals surface area contributed by atoms with Crippen molar-refractivity contribution in [3.05, 3.63) is 40.1 Å². The molecule has 29 heavy (non-hydrogen) atoms. The van der Waals surface area contributed by atoms with E-state index in [1.54, 1.807) is 6.07 Å². The van der Waals surface area contributed by atoms with E-state index in [-0.39, 0.29) is 20.3 Å². The number of carboxylic acids is 1. The van der Waals surface area contributed by atoms with Crippen molar-refractivity contribution in [3.8, 4) is 0 Å². The van der Waals surface area contributed by atoms with Gasteiger partial charge in [-0.2, -0.15) is 0 Å². The van der Waals surface area contributed by atoms with Gasteiger partial charge in [0.1, 0.15) is 16.7 Å². The van der Waals surface area contributed by atoms with Crippen LogP contribution in [0.5, 0.6) is 0 Å². The Bertz CT molecular complexity index is 969. The summed E-state index contributed by atoms with van der Waals surface area (Å²) in [6, 6.07) is 3.27. The van der Waals surface area contributed by atoms with E-state index in [2.05, 4.69) is 31.7 Å². The van der Waals surface area contributed by atoms with Crippen LogP contribution in [-0.4, -0.2) is 44.8 Å². The summed E-state index contributed by atoms with van der Waals surface area (Å²) < 4.78 is 15.2. The summed E-state index contributed by atoms with van der Waals surface area (Å²) in [7, 11) is 0. The van der Waals surface area contributed by atoms with Crippen molar-refractivity contribution < 1.29 is 19.1 Å². The van der Waals surface area contributed by atoms with E-state index in [1.807, 2.05) is 6.92 Å². The lowest BCUT2D eigenvalue weighted by atomic mass is 9.87. The van der Waals surface area contributed by atoms with E-state index in [4.69, 9.17) is 17.3 Å². The first kappa shape index (κ1) is 21.5. The number of aliphatic carboxylic acids is 1. The van der Waals surface area contributed by atoms with Gasteiger partial charge in [0, 0.05) is 23.4 Å². The number of carbonyl (C=O) groups is 2. The minimum atomic E-state index is -1.15. The predicted molar refractivity (Wildman–Crippen MR) is 119 cm³/mol. The van der Waals surface area contributed by atoms with Crippen molar-refractivity contribution in [2.24, 2.45) is 0 Å². The van der Waals surface area contributed by atoms with Crippen LogP contribution in [0.2, 0.25) is 0 Å². The van der Waals surface area contributed by atoms with Crippen LogP contribution in [0.25, 0.3) is 11.6 Å². The molecule has 0 aromatic heterocycles. The maximum Gasteiger partial charge on any atom is 0.323 e. The van der Waals surface area contributed by atoms with Gasteiger partial charge in [0.2, 0.25) is 0 Å². The number of nitrogens with zero attached hydrogens (tertiary/aromatic N) is 2. The number of benzene rings is 1. The predicted octanol–water partition coefficient (Wildman–Crippen LogP) is 4.52. The Morgan fingerprint density at radius 3 is 2.69 bits per heavy atom. The molecular weight excluding hydrogens is 411 g/mol. The molecule has 1 saturated heterocycles. The average molecular weight is 435 g/mol. The third-order valence-corrected chi connectivity index (χ3v) is 6.37. The topological polar surface area (TPSA) is 60.9 Å². The van der Waals surface area contributed by atoms with Gasteiger partial charge in [-0.3, -0.25) is 14.5 Å². The minimum absolute atomic E-state index is 0.161. The Hall–Kier alpha value is -2.19. The molecule has 1 fully saturated rings. The van der Waals surface area contributed by atoms with Crippen LogP contribution in [0.3, 0.4) is 0 Å². The highest BCUT2D eigenvalue weighted by Crippen LogP contribution is 2.41. The molecule has 5 nitrogen and oxygen atoms in total. The summed E-state index contributed by atoms with van der Waals surface area (Å²) in [5.41, 5.74) is 2.87. The Balaban J connectivity index is 2.03. The number of thiocarbonyl (C=S) groups is 1. The molecule has 0 saturated carbocycles. The molecule has 1 aromatic rings. The van der Waals surface area contributed by atoms with E-state index >= 15 is 4.39 Å². The molecule has 0 aliphatic carbocycles. The van der Waals surface area contributed by atoms with Gasteiger partial charge >= 0.3 is 5.97 Å². The molecule has 8 heteroatoms. The van der Waals surface area contributed by atoms with E-state index in [1.165, 1.54) is 12.1 Å². The van der Waals surface area contributed by atoms with Crippen molar-refractivity contribution in [1.29, 1.82) is 0 Å². The van der Waals surface area contributed by atoms with E-state index in [0.29, 0.717) is 0 Å². The number of thioether (sulfide) groups is 1. The summed E-state index contributed by atoms with van der Waals surface area (Å²) in [6.45, 7) is 8.60. The molecule has 1 N–H and O–H groups in total. The molecule has 0 unspecified atom stereocenters. The maximum absolute atomic E-state index is 15.0. The van der Waals surface area contributed by atoms with Crippen LogP contribution in [0.1, 0.15) is 45.2 Å². The quantitative estimate of drug-likeness (QED) is 0.543. The zero-order valence-corrected chi connectivity index (χ0v) is 18.4. The van der Waals surface area contributed by atoms with Gasteiger partial charge in [0.15, 0.2) is 0 Å². The monoisotopic (exact) mass is 434 g/mol. The van der Waals surface area contributed by atoms with Crippen molar-refractivity contribution in [3.63, 3.8) is 0 Å². The molecule has 0 atom stereocenters. The van der Waals surface area contributed by atoms with Gasteiger partial charge in [-0.1, -0.05) is 37.0 Å². The molecule has 1 aromatic carbocycles. The molecule has 0 radical (unpaired) electrons. The summed E-state index contributed by atoms with van der Waals surface area (Å²) in [5, 5.41) is 8.95. The third kappa shape index (κ3) is 4.09. The molecule has 154 valence electrons. The fraction of sp³-hybridized carbons (Fsp3) is 0.381. The Morgan fingerprint density at radius 2 is 2.07 bits per heavy atom. The second kappa shape index (κ2) is 7.91. The maximum atomic E-state index is 15.0. The van der Waals surface area contributed by atoms with Crippen LogP contribution in [0, 0.1) is 5.82 Å². The summed E-state index contributed by atoms with van der Waals surface area (Å²) in [5.74, 6) is -2.10. The molecule has 0 spiro atoms. The second-order valence-corrected chi connectivity index (χ2v) is 9.36. The van der Waals surface area contributed by atoms with Gasteiger partial charge in [0.05, 0.1) is 10.4 Å². The number of carbonyl (C=O) groups excluding carboxylic acids is 1. The molecule has 2 heterocycles. The number of allylic oxidation sites excluding steroid dienone is 1. The standard InChI is InChI=1S/C21H23FN2O3S2/c1-5-6-24-16-9-15(22)13(7-14(16)12(2)10-21(24,3)4)8-17-19(27)23(11-18(25)26)20(28)29-17/h7-10H,5-6,11H2,1-4H3,(H,25,26)/b17-8-. The minimum Gasteiger partial charge on any atom is -0.480 e. The first-order chi connectivity index (χ1) is 13.5. The number of halogens is 1. The van der Waals surface area contributed by atoms with Crippen molar-refractivity contribution in [2.75, 3.05) is 18.0 Å². The molecular formula is C21H23FN2O3S2. The molecule has 1 amide bonds. The van der Waals surface area contributed by atoms with Crippen molar-refractivity contribution in [1.82, 2.24) is 4.90 Å². The zero-order valence-electron chi connectivity index (χ0n) is 16.8. The molecule has 2 aliphatic heterocycles. The van der Waals surface area contributed by atoms with Crippen LogP contribution in [0.15, 0.2) is 23.1 Å². The lowest BCUT2D eigenvalue weighted by Gasteiger charge is -2.43. The number of hydrogen-bond acceptors (Lipinski definition) is 5. The normalized spacial score (nSPS) is 19.6. The summed E-state index contributed by atoms with van der Waals surface area (Å²) in [6.07, 6.45) is 4.55. The molecule has 3 rings (SSSR count). The molecule has 0 bridgehead atoms. The number of amides is 1. The Kier molecular flexibility index (Phi) is 5.87. The summed E-state index contributed by atoms with van der Waals surface area (Å²) in [4.78, 5) is 26.9. The second-order valence-electron chi connectivity index (χ2n) is 7.69. The number of anilines is 1. The van der Waals surface area contributed by atoms with Crippen molar-refractivity contribution in [2.45, 2.75) is 39.7 Å². The van der Waals surface area contributed by atoms with E-state index in [9.17, 15) is 9.59 Å². The zero-order chi connectivity index (χ0) is 21.5. The van der Waals surface area contributed by atoms with E-state index < -0.39 is 24.2 Å². The highest BCUT2D eigenvalue weighted by atomic mass is 32.2. The lowest BCUT2D eigenvalue weighted by Crippen LogP contribution is -2.45. The first-order valence-corrected chi connectivity index (χ1v) is 10.6. The smallest absolute Gasteiger partial charge is 0.323 e. The van der Waals surface area contributed by atoms with Crippen LogP contribution >= 0.6 is 24.0 Å². The third-order valence-electron chi connectivity index (χ3n) is 5.00. The largest absolute Gasteiger partial charge is 0.480 e. The van der Waals surface area contributed by atoms with Crippen LogP contribution < -0.4 is 4.90 Å². The lowest BCUT2D eigenvalue weighted by molar-refractivity contribution is -0.140. The Labute approximate surface area is 179 Å². The fourth-order valence-corrected chi connectivity index (χ4v) is 5.02. The average Bonchev–Trinajstić information content (AvgIpc) is 2.86. The van der Waals surface area contributed by atoms with E-state index in [0.717, 1.165) is 46.5 Å². The number of fused-ring (bicyclic) bond motifs is 1. The fourth-order valence-electron chi connectivity index (χ4n) is 3.77. The van der Waals surface area contributed by atoms with Gasteiger partial charge in [0.25, 0.3) is 5.91 Å². The van der Waals surface area contributed by atoms with Crippen LogP contribution in [0.4, 0.5) is 10.1 Å². The molecule has 2 aliphatic rings. The van der Waals surface area contributed by atoms with Gasteiger partial charge in [-0.15, -0.1) is 0 Å². The van der Waals surface area contributed by atoms with Gasteiger partial charge < -0.3 is 10.0 Å².